The number of nitrogens with one attached hydrogen (secondary N) is 1. The molecule has 0 amide bonds. The van der Waals surface area contributed by atoms with Crippen molar-refractivity contribution in [2.75, 3.05) is 5.73 Å². The predicted octanol–water partition coefficient (Wildman–Crippen LogP) is 0.681. The summed E-state index contributed by atoms with van der Waals surface area (Å²) >= 11 is 0. The second kappa shape index (κ2) is 1.98. The molecule has 0 aliphatic carbocycles. The van der Waals surface area contributed by atoms with Gasteiger partial charge in [0.2, 0.25) is 0 Å². The zero-order chi connectivity index (χ0) is 8.84. The van der Waals surface area contributed by atoms with Crippen LogP contribution in [0.4, 0.5) is 6.01 Å². The molecule has 13 heavy (non-hydrogen) atoms. The smallest absolute Gasteiger partial charge is 0.294 e. The van der Waals surface area contributed by atoms with E-state index >= 15 is 0 Å². The zero-order valence-corrected chi connectivity index (χ0v) is 6.48. The van der Waals surface area contributed by atoms with E-state index < -0.39 is 0 Å². The van der Waals surface area contributed by atoms with Crippen LogP contribution in [0.3, 0.4) is 0 Å². The number of oxazole rings is 1. The summed E-state index contributed by atoms with van der Waals surface area (Å²) in [4.78, 5) is 8.08. The van der Waals surface area contributed by atoms with E-state index in [1.807, 2.05) is 6.07 Å². The number of nitrogens with zero attached hydrogens (tertiary/aromatic N) is 3. The molecule has 0 fully saturated rings. The lowest BCUT2D eigenvalue weighted by Crippen LogP contribution is -1.80. The van der Waals surface area contributed by atoms with E-state index in [-0.39, 0.29) is 6.01 Å². The number of pyridine rings is 1. The van der Waals surface area contributed by atoms with Crippen LogP contribution < -0.4 is 5.73 Å². The number of rotatable bonds is 0. The maximum Gasteiger partial charge on any atom is 0.294 e. The number of nitrogens with two attached hydrogens (primary N) is 1. The number of nitrogen functional groups attached to an aromatic ring is 1. The third-order valence-corrected chi connectivity index (χ3v) is 1.80. The van der Waals surface area contributed by atoms with Crippen molar-refractivity contribution in [1.29, 1.82) is 0 Å². The number of hydrogen-bond donors (Lipinski definition) is 2. The Morgan fingerprint density at radius 3 is 3.23 bits per heavy atom. The summed E-state index contributed by atoms with van der Waals surface area (Å²) in [5.41, 5.74) is 7.12. The highest BCUT2D eigenvalue weighted by Gasteiger charge is 2.06. The first-order chi connectivity index (χ1) is 6.33. The zero-order valence-electron chi connectivity index (χ0n) is 6.48. The maximum absolute atomic E-state index is 5.38. The molecule has 3 aromatic rings. The monoisotopic (exact) mass is 175 g/mol. The minimum Gasteiger partial charge on any atom is -0.404 e. The molecular formula is C7H5N5O. The third kappa shape index (κ3) is 0.792. The Morgan fingerprint density at radius 1 is 1.38 bits per heavy atom. The Hall–Kier alpha value is -2.11. The lowest BCUT2D eigenvalue weighted by Gasteiger charge is -1.85. The fourth-order valence-electron chi connectivity index (χ4n) is 1.25. The molecular weight excluding hydrogens is 170 g/mol. The lowest BCUT2D eigenvalue weighted by atomic mass is 10.3. The minimum absolute atomic E-state index is 0.128. The van der Waals surface area contributed by atoms with Crippen molar-refractivity contribution in [2.24, 2.45) is 0 Å². The van der Waals surface area contributed by atoms with Gasteiger partial charge < -0.3 is 10.2 Å². The molecule has 0 bridgehead atoms. The van der Waals surface area contributed by atoms with Gasteiger partial charge in [-0.1, -0.05) is 0 Å². The van der Waals surface area contributed by atoms with Crippen molar-refractivity contribution in [3.63, 3.8) is 0 Å². The summed E-state index contributed by atoms with van der Waals surface area (Å²) in [7, 11) is 0. The van der Waals surface area contributed by atoms with Gasteiger partial charge in [0.15, 0.2) is 5.65 Å². The van der Waals surface area contributed by atoms with Crippen LogP contribution in [0.15, 0.2) is 16.7 Å². The lowest BCUT2D eigenvalue weighted by molar-refractivity contribution is 0.615. The first-order valence-corrected chi connectivity index (χ1v) is 3.69. The standard InChI is InChI=1S/C7H5N5O/c8-7-10-4-1-3-2-9-12-5(3)11-6(4)13-7/h1-2H,(H2,8,10)(H,9,11,12). The minimum atomic E-state index is 0.128. The van der Waals surface area contributed by atoms with Gasteiger partial charge >= 0.3 is 0 Å². The van der Waals surface area contributed by atoms with Gasteiger partial charge in [-0.15, -0.1) is 0 Å². The normalized spacial score (nSPS) is 11.4. The van der Waals surface area contributed by atoms with E-state index in [1.165, 1.54) is 0 Å². The fraction of sp³-hybridized carbons (Fsp3) is 0. The largest absolute Gasteiger partial charge is 0.404 e. The van der Waals surface area contributed by atoms with Crippen molar-refractivity contribution in [1.82, 2.24) is 20.2 Å². The molecule has 3 aromatic heterocycles. The molecule has 0 aliphatic heterocycles. The van der Waals surface area contributed by atoms with Crippen LogP contribution in [0, 0.1) is 0 Å². The SMILES string of the molecule is Nc1nc2cc3cn[nH]c3nc2o1. The van der Waals surface area contributed by atoms with E-state index in [0.717, 1.165) is 5.39 Å². The third-order valence-electron chi connectivity index (χ3n) is 1.80. The van der Waals surface area contributed by atoms with Crippen LogP contribution in [0.5, 0.6) is 0 Å². The highest BCUT2D eigenvalue weighted by atomic mass is 16.4. The molecule has 6 nitrogen and oxygen atoms in total. The van der Waals surface area contributed by atoms with Gasteiger partial charge in [0.1, 0.15) is 5.52 Å². The molecule has 0 spiro atoms. The van der Waals surface area contributed by atoms with Gasteiger partial charge in [0.25, 0.3) is 11.7 Å². The second-order valence-electron chi connectivity index (χ2n) is 2.67. The number of hydrogen-bond acceptors (Lipinski definition) is 5. The average molecular weight is 175 g/mol. The number of fused-ring (bicyclic) bond motifs is 2. The summed E-state index contributed by atoms with van der Waals surface area (Å²) < 4.78 is 5.05. The van der Waals surface area contributed by atoms with Crippen LogP contribution in [-0.2, 0) is 0 Å². The maximum atomic E-state index is 5.38. The molecule has 3 heterocycles. The summed E-state index contributed by atoms with van der Waals surface area (Å²) in [6, 6.07) is 1.95. The molecule has 0 saturated carbocycles. The first kappa shape index (κ1) is 6.41. The van der Waals surface area contributed by atoms with Gasteiger partial charge in [-0.25, -0.2) is 0 Å². The van der Waals surface area contributed by atoms with Crippen LogP contribution in [0.1, 0.15) is 0 Å². The summed E-state index contributed by atoms with van der Waals surface area (Å²) in [5, 5.41) is 7.46. The molecule has 64 valence electrons. The Labute approximate surface area is 71.8 Å². The number of aromatic nitrogens is 4. The molecule has 0 atom stereocenters. The topological polar surface area (TPSA) is 93.6 Å². The van der Waals surface area contributed by atoms with Gasteiger partial charge in [-0.05, 0) is 6.07 Å². The molecule has 6 heteroatoms. The van der Waals surface area contributed by atoms with E-state index in [2.05, 4.69) is 20.2 Å². The summed E-state index contributed by atoms with van der Waals surface area (Å²) in [6.45, 7) is 0. The highest BCUT2D eigenvalue weighted by Crippen LogP contribution is 2.18. The molecule has 0 radical (unpaired) electrons. The molecule has 0 aliphatic rings. The van der Waals surface area contributed by atoms with Gasteiger partial charge in [-0.2, -0.15) is 15.1 Å². The number of aromatic amines is 1. The van der Waals surface area contributed by atoms with Crippen molar-refractivity contribution in [3.8, 4) is 0 Å². The second-order valence-corrected chi connectivity index (χ2v) is 2.67. The van der Waals surface area contributed by atoms with Crippen LogP contribution in [-0.4, -0.2) is 20.2 Å². The highest BCUT2D eigenvalue weighted by molar-refractivity contribution is 5.86. The van der Waals surface area contributed by atoms with E-state index in [9.17, 15) is 0 Å². The van der Waals surface area contributed by atoms with Gasteiger partial charge in [0.05, 0.1) is 6.20 Å². The summed E-state index contributed by atoms with van der Waals surface area (Å²) in [5.74, 6) is 0. The van der Waals surface area contributed by atoms with Gasteiger partial charge in [-0.3, -0.25) is 5.10 Å². The number of anilines is 1. The van der Waals surface area contributed by atoms with Crippen LogP contribution in [0.25, 0.3) is 22.3 Å². The molecule has 0 unspecified atom stereocenters. The van der Waals surface area contributed by atoms with Crippen molar-refractivity contribution >= 4 is 28.3 Å². The van der Waals surface area contributed by atoms with E-state index in [0.29, 0.717) is 16.9 Å². The Balaban J connectivity index is 2.54. The Bertz CT molecular complexity index is 533. The Kier molecular flexibility index (Phi) is 0.974. The van der Waals surface area contributed by atoms with Crippen molar-refractivity contribution < 1.29 is 4.42 Å². The molecule has 0 aromatic carbocycles. The predicted molar refractivity (Wildman–Crippen MR) is 45.9 cm³/mol. The van der Waals surface area contributed by atoms with Crippen LogP contribution in [0.2, 0.25) is 0 Å². The molecule has 3 rings (SSSR count). The van der Waals surface area contributed by atoms with Crippen molar-refractivity contribution in [3.05, 3.63) is 12.3 Å². The Morgan fingerprint density at radius 2 is 2.31 bits per heavy atom. The summed E-state index contributed by atoms with van der Waals surface area (Å²) in [6.07, 6.45) is 1.67. The fourth-order valence-corrected chi connectivity index (χ4v) is 1.25. The quantitative estimate of drug-likeness (QED) is 0.524. The van der Waals surface area contributed by atoms with Crippen LogP contribution >= 0.6 is 0 Å². The molecule has 0 saturated heterocycles. The first-order valence-electron chi connectivity index (χ1n) is 3.69. The van der Waals surface area contributed by atoms with Gasteiger partial charge in [0, 0.05) is 5.39 Å². The number of H-pyrrole nitrogens is 1. The van der Waals surface area contributed by atoms with E-state index in [4.69, 9.17) is 10.2 Å². The van der Waals surface area contributed by atoms with E-state index in [1.54, 1.807) is 6.20 Å². The molecule has 3 N–H and O–H groups in total. The van der Waals surface area contributed by atoms with Crippen molar-refractivity contribution in [2.45, 2.75) is 0 Å². The average Bonchev–Trinajstić information content (AvgIpc) is 2.63.